The highest BCUT2D eigenvalue weighted by Crippen LogP contribution is 2.27. The zero-order chi connectivity index (χ0) is 15.3. The van der Waals surface area contributed by atoms with Gasteiger partial charge in [0.15, 0.2) is 5.13 Å². The van der Waals surface area contributed by atoms with Gasteiger partial charge in [0.25, 0.3) is 5.91 Å². The van der Waals surface area contributed by atoms with Gasteiger partial charge in [0.2, 0.25) is 0 Å². The Labute approximate surface area is 125 Å². The van der Waals surface area contributed by atoms with E-state index in [1.807, 2.05) is 7.05 Å². The Morgan fingerprint density at radius 3 is 2.65 bits per heavy atom. The topological polar surface area (TPSA) is 71.2 Å². The molecule has 0 radical (unpaired) electrons. The molecule has 1 unspecified atom stereocenters. The number of carbonyl (C=O) groups is 1. The highest BCUT2D eigenvalue weighted by molar-refractivity contribution is 7.18. The van der Waals surface area contributed by atoms with E-state index in [2.05, 4.69) is 38.0 Å². The zero-order valence-corrected chi connectivity index (χ0v) is 13.9. The number of rotatable bonds is 7. The quantitative estimate of drug-likeness (QED) is 0.811. The maximum Gasteiger partial charge on any atom is 0.267 e. The van der Waals surface area contributed by atoms with Gasteiger partial charge in [-0.15, -0.1) is 0 Å². The number of nitrogens with one attached hydrogen (secondary N) is 1. The summed E-state index contributed by atoms with van der Waals surface area (Å²) in [7, 11) is 1.82. The van der Waals surface area contributed by atoms with E-state index in [1.54, 1.807) is 4.90 Å². The first kappa shape index (κ1) is 16.8. The lowest BCUT2D eigenvalue weighted by atomic mass is 10.1. The molecule has 0 aliphatic rings. The number of nitrogen functional groups attached to an aromatic ring is 1. The Morgan fingerprint density at radius 2 is 2.10 bits per heavy atom. The van der Waals surface area contributed by atoms with Gasteiger partial charge in [-0.25, -0.2) is 4.98 Å². The second kappa shape index (κ2) is 7.47. The van der Waals surface area contributed by atoms with Gasteiger partial charge in [0.05, 0.1) is 0 Å². The standard InChI is InChI=1S/C14H26N4OS/c1-6-7-10(4)18(5)13(19)11-12(15)17-14(20-11)16-8-9(2)3/h9-10H,6-8,15H2,1-5H3,(H,16,17). The number of hydrogen-bond acceptors (Lipinski definition) is 5. The second-order valence-corrected chi connectivity index (χ2v) is 6.56. The van der Waals surface area contributed by atoms with Gasteiger partial charge >= 0.3 is 0 Å². The molecule has 20 heavy (non-hydrogen) atoms. The van der Waals surface area contributed by atoms with E-state index < -0.39 is 0 Å². The number of nitrogens with zero attached hydrogens (tertiary/aromatic N) is 2. The Bertz CT molecular complexity index is 444. The van der Waals surface area contributed by atoms with Crippen molar-refractivity contribution in [3.8, 4) is 0 Å². The van der Waals surface area contributed by atoms with Crippen LogP contribution < -0.4 is 11.1 Å². The first-order valence-corrected chi connectivity index (χ1v) is 7.95. The zero-order valence-electron chi connectivity index (χ0n) is 13.1. The van der Waals surface area contributed by atoms with Gasteiger partial charge in [-0.1, -0.05) is 38.5 Å². The summed E-state index contributed by atoms with van der Waals surface area (Å²) < 4.78 is 0. The summed E-state index contributed by atoms with van der Waals surface area (Å²) in [5.41, 5.74) is 5.87. The van der Waals surface area contributed by atoms with Crippen molar-refractivity contribution in [2.45, 2.75) is 46.6 Å². The summed E-state index contributed by atoms with van der Waals surface area (Å²) in [4.78, 5) is 18.9. The molecular formula is C14H26N4OS. The average Bonchev–Trinajstić information content (AvgIpc) is 2.76. The van der Waals surface area contributed by atoms with Crippen molar-refractivity contribution in [2.24, 2.45) is 5.92 Å². The molecule has 0 aliphatic heterocycles. The van der Waals surface area contributed by atoms with E-state index in [0.29, 0.717) is 16.6 Å². The lowest BCUT2D eigenvalue weighted by Crippen LogP contribution is -2.34. The van der Waals surface area contributed by atoms with Crippen LogP contribution in [0.4, 0.5) is 10.9 Å². The first-order chi connectivity index (χ1) is 9.36. The number of hydrogen-bond donors (Lipinski definition) is 2. The minimum atomic E-state index is -0.0430. The SMILES string of the molecule is CCCC(C)N(C)C(=O)c1sc(NCC(C)C)nc1N. The van der Waals surface area contributed by atoms with Crippen LogP contribution in [0, 0.1) is 5.92 Å². The Hall–Kier alpha value is -1.30. The summed E-state index contributed by atoms with van der Waals surface area (Å²) in [5.74, 6) is 0.798. The van der Waals surface area contributed by atoms with Crippen molar-refractivity contribution in [1.82, 2.24) is 9.88 Å². The van der Waals surface area contributed by atoms with Crippen molar-refractivity contribution in [2.75, 3.05) is 24.6 Å². The Morgan fingerprint density at radius 1 is 1.45 bits per heavy atom. The van der Waals surface area contributed by atoms with Gasteiger partial charge < -0.3 is 16.0 Å². The van der Waals surface area contributed by atoms with Crippen LogP contribution in [0.25, 0.3) is 0 Å². The maximum absolute atomic E-state index is 12.4. The summed E-state index contributed by atoms with van der Waals surface area (Å²) in [5, 5.41) is 3.93. The van der Waals surface area contributed by atoms with E-state index >= 15 is 0 Å². The fourth-order valence-corrected chi connectivity index (χ4v) is 2.70. The van der Waals surface area contributed by atoms with Gasteiger partial charge in [-0.2, -0.15) is 0 Å². The molecule has 1 amide bonds. The lowest BCUT2D eigenvalue weighted by molar-refractivity contribution is 0.0742. The molecule has 0 aromatic carbocycles. The monoisotopic (exact) mass is 298 g/mol. The van der Waals surface area contributed by atoms with Gasteiger partial charge in [0.1, 0.15) is 10.7 Å². The van der Waals surface area contributed by atoms with Gasteiger partial charge in [-0.3, -0.25) is 4.79 Å². The molecule has 114 valence electrons. The van der Waals surface area contributed by atoms with Gasteiger partial charge in [-0.05, 0) is 19.3 Å². The highest BCUT2D eigenvalue weighted by Gasteiger charge is 2.22. The molecule has 0 saturated carbocycles. The van der Waals surface area contributed by atoms with E-state index in [4.69, 9.17) is 5.73 Å². The fraction of sp³-hybridized carbons (Fsp3) is 0.714. The van der Waals surface area contributed by atoms with Crippen LogP contribution >= 0.6 is 11.3 Å². The van der Waals surface area contributed by atoms with Gasteiger partial charge in [0, 0.05) is 19.6 Å². The minimum Gasteiger partial charge on any atom is -0.382 e. The molecule has 1 aromatic rings. The number of anilines is 2. The summed E-state index contributed by atoms with van der Waals surface area (Å²) in [6, 6.07) is 0.209. The number of amides is 1. The molecule has 0 fully saturated rings. The van der Waals surface area contributed by atoms with E-state index in [-0.39, 0.29) is 11.9 Å². The summed E-state index contributed by atoms with van der Waals surface area (Å²) >= 11 is 1.33. The molecule has 0 aliphatic carbocycles. The molecule has 1 rings (SSSR count). The van der Waals surface area contributed by atoms with E-state index in [1.165, 1.54) is 11.3 Å². The van der Waals surface area contributed by atoms with Crippen LogP contribution in [0.15, 0.2) is 0 Å². The molecule has 0 bridgehead atoms. The van der Waals surface area contributed by atoms with Crippen molar-refractivity contribution in [3.05, 3.63) is 4.88 Å². The predicted molar refractivity (Wildman–Crippen MR) is 86.3 cm³/mol. The second-order valence-electron chi connectivity index (χ2n) is 5.56. The van der Waals surface area contributed by atoms with Crippen LogP contribution in [0.3, 0.4) is 0 Å². The molecule has 3 N–H and O–H groups in total. The molecule has 6 heteroatoms. The largest absolute Gasteiger partial charge is 0.382 e. The van der Waals surface area contributed by atoms with Crippen LogP contribution in [0.2, 0.25) is 0 Å². The molecule has 0 saturated heterocycles. The van der Waals surface area contributed by atoms with Crippen molar-refractivity contribution >= 4 is 28.2 Å². The van der Waals surface area contributed by atoms with Crippen molar-refractivity contribution in [1.29, 1.82) is 0 Å². The number of nitrogens with two attached hydrogens (primary N) is 1. The van der Waals surface area contributed by atoms with E-state index in [9.17, 15) is 4.79 Å². The molecule has 1 aromatic heterocycles. The maximum atomic E-state index is 12.4. The van der Waals surface area contributed by atoms with Crippen LogP contribution in [-0.2, 0) is 0 Å². The first-order valence-electron chi connectivity index (χ1n) is 7.14. The third-order valence-corrected chi connectivity index (χ3v) is 4.21. The molecule has 1 heterocycles. The lowest BCUT2D eigenvalue weighted by Gasteiger charge is -2.24. The minimum absolute atomic E-state index is 0.0430. The third kappa shape index (κ3) is 4.37. The summed E-state index contributed by atoms with van der Waals surface area (Å²) in [6.45, 7) is 9.23. The smallest absolute Gasteiger partial charge is 0.267 e. The Kier molecular flexibility index (Phi) is 6.26. The van der Waals surface area contributed by atoms with E-state index in [0.717, 1.165) is 24.5 Å². The molecular weight excluding hydrogens is 272 g/mol. The number of thiazole rings is 1. The average molecular weight is 298 g/mol. The normalized spacial score (nSPS) is 12.5. The van der Waals surface area contributed by atoms with Crippen LogP contribution in [0.5, 0.6) is 0 Å². The third-order valence-electron chi connectivity index (χ3n) is 3.20. The molecule has 1 atom stereocenters. The summed E-state index contributed by atoms with van der Waals surface area (Å²) in [6.07, 6.45) is 2.04. The number of carbonyl (C=O) groups excluding carboxylic acids is 1. The fourth-order valence-electron chi connectivity index (χ4n) is 1.82. The van der Waals surface area contributed by atoms with Crippen LogP contribution in [-0.4, -0.2) is 35.4 Å². The molecule has 5 nitrogen and oxygen atoms in total. The number of aromatic nitrogens is 1. The van der Waals surface area contributed by atoms with Crippen molar-refractivity contribution < 1.29 is 4.79 Å². The highest BCUT2D eigenvalue weighted by atomic mass is 32.1. The Balaban J connectivity index is 2.77. The van der Waals surface area contributed by atoms with Crippen LogP contribution in [0.1, 0.15) is 50.2 Å². The predicted octanol–water partition coefficient (Wildman–Crippen LogP) is 3.05. The molecule has 0 spiro atoms. The van der Waals surface area contributed by atoms with Crippen molar-refractivity contribution in [3.63, 3.8) is 0 Å².